The van der Waals surface area contributed by atoms with Gasteiger partial charge >= 0.3 is 0 Å². The van der Waals surface area contributed by atoms with E-state index in [9.17, 15) is 9.18 Å². The van der Waals surface area contributed by atoms with Crippen LogP contribution in [0.15, 0.2) is 60.9 Å². The van der Waals surface area contributed by atoms with E-state index in [2.05, 4.69) is 25.9 Å². The van der Waals surface area contributed by atoms with Gasteiger partial charge in [0.1, 0.15) is 5.75 Å². The molecule has 8 nitrogen and oxygen atoms in total. The molecule has 194 valence electrons. The SMILES string of the molecule is Cc1ccc2c(NC(=O)C3(F)CC3)cccc2c1Oc1ncccc1-c1ccnc(NC2CCCNC2)n1. The van der Waals surface area contributed by atoms with Gasteiger partial charge in [-0.2, -0.15) is 0 Å². The van der Waals surface area contributed by atoms with Crippen molar-refractivity contribution in [2.45, 2.75) is 44.3 Å². The monoisotopic (exact) mass is 512 g/mol. The molecule has 1 aliphatic heterocycles. The first kappa shape index (κ1) is 24.2. The number of nitrogens with one attached hydrogen (secondary N) is 3. The second-order valence-corrected chi connectivity index (χ2v) is 9.94. The van der Waals surface area contributed by atoms with Crippen LogP contribution < -0.4 is 20.7 Å². The highest BCUT2D eigenvalue weighted by atomic mass is 19.1. The molecule has 2 fully saturated rings. The Kier molecular flexibility index (Phi) is 6.37. The predicted molar refractivity (Wildman–Crippen MR) is 145 cm³/mol. The number of alkyl halides is 1. The van der Waals surface area contributed by atoms with Crippen LogP contribution in [-0.4, -0.2) is 45.7 Å². The van der Waals surface area contributed by atoms with E-state index in [1.54, 1.807) is 18.5 Å². The molecule has 0 radical (unpaired) electrons. The number of aromatic nitrogens is 3. The molecule has 38 heavy (non-hydrogen) atoms. The number of halogens is 1. The maximum absolute atomic E-state index is 14.3. The number of nitrogens with zero attached hydrogens (tertiary/aromatic N) is 3. The summed E-state index contributed by atoms with van der Waals surface area (Å²) in [6, 6.07) is 15.2. The number of hydrogen-bond donors (Lipinski definition) is 3. The summed E-state index contributed by atoms with van der Waals surface area (Å²) in [5, 5.41) is 11.1. The molecule has 1 saturated carbocycles. The minimum absolute atomic E-state index is 0.261. The molecule has 2 aliphatic rings. The van der Waals surface area contributed by atoms with Gasteiger partial charge in [0.2, 0.25) is 11.8 Å². The first-order chi connectivity index (χ1) is 18.5. The lowest BCUT2D eigenvalue weighted by Crippen LogP contribution is -2.38. The molecule has 1 aliphatic carbocycles. The van der Waals surface area contributed by atoms with Crippen LogP contribution in [0.5, 0.6) is 11.6 Å². The molecule has 2 aromatic heterocycles. The van der Waals surface area contributed by atoms with E-state index < -0.39 is 11.6 Å². The fraction of sp³-hybridized carbons (Fsp3) is 0.310. The van der Waals surface area contributed by atoms with Gasteiger partial charge in [-0.1, -0.05) is 24.3 Å². The molecule has 0 bridgehead atoms. The number of carbonyl (C=O) groups excluding carboxylic acids is 1. The third-order valence-corrected chi connectivity index (χ3v) is 7.08. The highest BCUT2D eigenvalue weighted by Crippen LogP contribution is 2.42. The number of carbonyl (C=O) groups is 1. The number of rotatable bonds is 7. The molecule has 1 atom stereocenters. The third kappa shape index (κ3) is 4.89. The summed E-state index contributed by atoms with van der Waals surface area (Å²) in [5.74, 6) is 0.981. The standard InChI is InChI=1S/C29H29FN6O2/c1-18-9-10-20-21(6-2-8-23(20)35-27(37)29(30)12-13-29)25(18)38-26-22(7-4-15-32-26)24-11-16-33-28(36-24)34-19-5-3-14-31-17-19/h2,4,6-11,15-16,19,31H,3,5,12-14,17H2,1H3,(H,35,37)(H,33,34,36). The number of ether oxygens (including phenoxy) is 1. The van der Waals surface area contributed by atoms with Crippen LogP contribution in [-0.2, 0) is 4.79 Å². The lowest BCUT2D eigenvalue weighted by atomic mass is 10.0. The van der Waals surface area contributed by atoms with Gasteiger partial charge in [0.15, 0.2) is 5.67 Å². The lowest BCUT2D eigenvalue weighted by molar-refractivity contribution is -0.122. The Bertz CT molecular complexity index is 1500. The van der Waals surface area contributed by atoms with Crippen LogP contribution in [0.1, 0.15) is 31.2 Å². The Labute approximate surface area is 220 Å². The Morgan fingerprint density at radius 2 is 1.97 bits per heavy atom. The Morgan fingerprint density at radius 3 is 2.79 bits per heavy atom. The van der Waals surface area contributed by atoms with Crippen molar-refractivity contribution in [2.24, 2.45) is 0 Å². The number of hydrogen-bond acceptors (Lipinski definition) is 7. The number of amides is 1. The first-order valence-electron chi connectivity index (χ1n) is 13.0. The van der Waals surface area contributed by atoms with Crippen LogP contribution in [0.4, 0.5) is 16.0 Å². The van der Waals surface area contributed by atoms with E-state index >= 15 is 0 Å². The second-order valence-electron chi connectivity index (χ2n) is 9.94. The largest absolute Gasteiger partial charge is 0.437 e. The summed E-state index contributed by atoms with van der Waals surface area (Å²) < 4.78 is 20.8. The van der Waals surface area contributed by atoms with Gasteiger partial charge in [-0.3, -0.25) is 4.79 Å². The van der Waals surface area contributed by atoms with Crippen LogP contribution in [0, 0.1) is 6.92 Å². The maximum atomic E-state index is 14.3. The zero-order valence-corrected chi connectivity index (χ0v) is 21.1. The Balaban J connectivity index is 1.32. The molecule has 0 spiro atoms. The molecule has 3 heterocycles. The van der Waals surface area contributed by atoms with Crippen molar-refractivity contribution in [2.75, 3.05) is 23.7 Å². The van der Waals surface area contributed by atoms with E-state index in [1.807, 2.05) is 49.4 Å². The average Bonchev–Trinajstić information content (AvgIpc) is 3.70. The van der Waals surface area contributed by atoms with E-state index in [0.29, 0.717) is 29.0 Å². The van der Waals surface area contributed by atoms with Crippen molar-refractivity contribution >= 4 is 28.3 Å². The summed E-state index contributed by atoms with van der Waals surface area (Å²) in [6.07, 6.45) is 6.11. The van der Waals surface area contributed by atoms with Crippen molar-refractivity contribution in [3.05, 3.63) is 66.5 Å². The van der Waals surface area contributed by atoms with Gasteiger partial charge in [0, 0.05) is 41.4 Å². The quantitative estimate of drug-likeness (QED) is 0.305. The van der Waals surface area contributed by atoms with Crippen LogP contribution in [0.2, 0.25) is 0 Å². The predicted octanol–water partition coefficient (Wildman–Crippen LogP) is 5.40. The molecule has 1 saturated heterocycles. The molecule has 9 heteroatoms. The summed E-state index contributed by atoms with van der Waals surface area (Å²) >= 11 is 0. The summed E-state index contributed by atoms with van der Waals surface area (Å²) in [5.41, 5.74) is 1.11. The molecule has 2 aromatic carbocycles. The third-order valence-electron chi connectivity index (χ3n) is 7.08. The van der Waals surface area contributed by atoms with Crippen molar-refractivity contribution in [1.29, 1.82) is 0 Å². The zero-order valence-electron chi connectivity index (χ0n) is 21.1. The van der Waals surface area contributed by atoms with Crippen molar-refractivity contribution in [3.8, 4) is 22.9 Å². The van der Waals surface area contributed by atoms with E-state index in [0.717, 1.165) is 47.8 Å². The molecule has 1 amide bonds. The van der Waals surface area contributed by atoms with Gasteiger partial charge in [0.25, 0.3) is 5.91 Å². The molecular weight excluding hydrogens is 483 g/mol. The molecule has 4 aromatic rings. The number of benzene rings is 2. The fourth-order valence-electron chi connectivity index (χ4n) is 4.75. The van der Waals surface area contributed by atoms with E-state index in [1.165, 1.54) is 0 Å². The molecule has 6 rings (SSSR count). The second kappa shape index (κ2) is 9.98. The smallest absolute Gasteiger partial charge is 0.262 e. The van der Waals surface area contributed by atoms with E-state index in [4.69, 9.17) is 9.72 Å². The highest BCUT2D eigenvalue weighted by Gasteiger charge is 2.50. The van der Waals surface area contributed by atoms with Crippen molar-refractivity contribution in [3.63, 3.8) is 0 Å². The average molecular weight is 513 g/mol. The maximum Gasteiger partial charge on any atom is 0.262 e. The van der Waals surface area contributed by atoms with Gasteiger partial charge in [-0.25, -0.2) is 19.3 Å². The molecular formula is C29H29FN6O2. The molecule has 1 unspecified atom stereocenters. The van der Waals surface area contributed by atoms with Gasteiger partial charge in [0.05, 0.1) is 11.3 Å². The summed E-state index contributed by atoms with van der Waals surface area (Å²) in [6.45, 7) is 3.87. The van der Waals surface area contributed by atoms with Crippen molar-refractivity contribution < 1.29 is 13.9 Å². The minimum Gasteiger partial charge on any atom is -0.437 e. The summed E-state index contributed by atoms with van der Waals surface area (Å²) in [4.78, 5) is 26.1. The first-order valence-corrected chi connectivity index (χ1v) is 13.0. The van der Waals surface area contributed by atoms with Gasteiger partial charge in [-0.05, 0) is 69.0 Å². The van der Waals surface area contributed by atoms with Crippen molar-refractivity contribution in [1.82, 2.24) is 20.3 Å². The number of aryl methyl sites for hydroxylation is 1. The Morgan fingerprint density at radius 1 is 1.08 bits per heavy atom. The van der Waals surface area contributed by atoms with Crippen LogP contribution in [0.25, 0.3) is 22.0 Å². The van der Waals surface area contributed by atoms with Crippen LogP contribution in [0.3, 0.4) is 0 Å². The van der Waals surface area contributed by atoms with Crippen LogP contribution >= 0.6 is 0 Å². The topological polar surface area (TPSA) is 101 Å². The van der Waals surface area contributed by atoms with Gasteiger partial charge < -0.3 is 20.7 Å². The minimum atomic E-state index is -1.76. The number of pyridine rings is 1. The fourth-order valence-corrected chi connectivity index (χ4v) is 4.75. The normalized spacial score (nSPS) is 18.1. The summed E-state index contributed by atoms with van der Waals surface area (Å²) in [7, 11) is 0. The highest BCUT2D eigenvalue weighted by molar-refractivity contribution is 6.07. The van der Waals surface area contributed by atoms with Gasteiger partial charge in [-0.15, -0.1) is 0 Å². The number of piperidine rings is 1. The molecule has 3 N–H and O–H groups in total. The number of fused-ring (bicyclic) bond motifs is 1. The zero-order chi connectivity index (χ0) is 26.1. The number of anilines is 2. The Hall–Kier alpha value is -4.11. The lowest BCUT2D eigenvalue weighted by Gasteiger charge is -2.23. The van der Waals surface area contributed by atoms with E-state index in [-0.39, 0.29) is 18.9 Å².